The highest BCUT2D eigenvalue weighted by Crippen LogP contribution is 2.35. The molecule has 37 heavy (non-hydrogen) atoms. The first kappa shape index (κ1) is 29.3. The van der Waals surface area contributed by atoms with Crippen molar-refractivity contribution >= 4 is 0 Å². The molecule has 4 fully saturated rings. The average Bonchev–Trinajstić information content (AvgIpc) is 2.86. The Morgan fingerprint density at radius 3 is 2.08 bits per heavy atom. The van der Waals surface area contributed by atoms with Gasteiger partial charge in [-0.25, -0.2) is 0 Å². The van der Waals surface area contributed by atoms with Crippen LogP contribution in [0.1, 0.15) is 12.8 Å². The minimum Gasteiger partial charge on any atom is -0.394 e. The van der Waals surface area contributed by atoms with Gasteiger partial charge in [-0.05, 0) is 19.9 Å². The summed E-state index contributed by atoms with van der Waals surface area (Å²) in [5.74, 6) is 0. The molecule has 3 aliphatic heterocycles. The first-order valence-corrected chi connectivity index (χ1v) is 12.5. The predicted octanol–water partition coefficient (Wildman–Crippen LogP) is -6.95. The van der Waals surface area contributed by atoms with E-state index in [1.807, 2.05) is 0 Å². The maximum Gasteiger partial charge on any atom is 0.189 e. The second-order valence-electron chi connectivity index (χ2n) is 10.3. The van der Waals surface area contributed by atoms with E-state index in [0.29, 0.717) is 0 Å². The summed E-state index contributed by atoms with van der Waals surface area (Å²) in [5.41, 5.74) is 24.0. The fourth-order valence-electron chi connectivity index (χ4n) is 5.46. The number of nitrogens with one attached hydrogen (secondary N) is 1. The third-order valence-electron chi connectivity index (χ3n) is 7.74. The van der Waals surface area contributed by atoms with Gasteiger partial charge in [0, 0.05) is 12.1 Å². The van der Waals surface area contributed by atoms with E-state index >= 15 is 0 Å². The lowest BCUT2D eigenvalue weighted by atomic mass is 9.84. The van der Waals surface area contributed by atoms with Crippen LogP contribution in [0.3, 0.4) is 0 Å². The third-order valence-corrected chi connectivity index (χ3v) is 7.74. The first-order valence-electron chi connectivity index (χ1n) is 12.5. The van der Waals surface area contributed by atoms with Gasteiger partial charge in [0.1, 0.15) is 42.7 Å². The van der Waals surface area contributed by atoms with Crippen molar-refractivity contribution in [3.05, 3.63) is 0 Å². The highest BCUT2D eigenvalue weighted by molar-refractivity contribution is 5.01. The molecule has 0 aromatic carbocycles. The van der Waals surface area contributed by atoms with Gasteiger partial charge in [-0.1, -0.05) is 0 Å². The molecular formula is C21H41N5O11. The van der Waals surface area contributed by atoms with Crippen molar-refractivity contribution in [1.82, 2.24) is 5.32 Å². The van der Waals surface area contributed by atoms with Gasteiger partial charge in [0.2, 0.25) is 0 Å². The molecule has 3 heterocycles. The summed E-state index contributed by atoms with van der Waals surface area (Å²) in [6, 6.07) is -4.05. The lowest BCUT2D eigenvalue weighted by Gasteiger charge is -2.51. The molecule has 15 N–H and O–H groups in total. The van der Waals surface area contributed by atoms with Crippen LogP contribution in [-0.4, -0.2) is 148 Å². The predicted molar refractivity (Wildman–Crippen MR) is 123 cm³/mol. The summed E-state index contributed by atoms with van der Waals surface area (Å²) in [7, 11) is 1.55. The van der Waals surface area contributed by atoms with Crippen molar-refractivity contribution in [1.29, 1.82) is 0 Å². The van der Waals surface area contributed by atoms with E-state index in [2.05, 4.69) is 5.32 Å². The Balaban J connectivity index is 1.43. The molecule has 17 atom stereocenters. The smallest absolute Gasteiger partial charge is 0.189 e. The highest BCUT2D eigenvalue weighted by atomic mass is 16.8. The van der Waals surface area contributed by atoms with Crippen molar-refractivity contribution in [3.8, 4) is 0 Å². The second-order valence-corrected chi connectivity index (χ2v) is 10.3. The second kappa shape index (κ2) is 11.8. The van der Waals surface area contributed by atoms with Crippen LogP contribution in [0.15, 0.2) is 0 Å². The number of rotatable bonds is 6. The molecule has 216 valence electrons. The first-order chi connectivity index (χ1) is 17.5. The standard InChI is InChI=1S/C21H41N5O11/c1-26-11-14(30)18-8(33-20(11)37-21-16(32)13(29)10(25)9(4-27)34-21)3-7(24)19(36-18)35-17-6(23)2-5(22)12(28)15(17)31/h5-21,26-32H,2-4,22-25H2,1H3/t5-,6-,7-,8-,9-,10-,11+,12-,13+,14-,15-,16+,17-,18+,19+,20-,21-/m1/s1. The van der Waals surface area contributed by atoms with Crippen molar-refractivity contribution in [2.75, 3.05) is 13.7 Å². The molecular weight excluding hydrogens is 498 g/mol. The monoisotopic (exact) mass is 539 g/mol. The number of aliphatic hydroxyl groups is 6. The molecule has 0 amide bonds. The summed E-state index contributed by atoms with van der Waals surface area (Å²) in [4.78, 5) is 0. The van der Waals surface area contributed by atoms with Gasteiger partial charge in [-0.2, -0.15) is 0 Å². The molecule has 0 aromatic rings. The SMILES string of the molecule is CN[C@@H]1[C@@H](O[C@H]2O[C@H](CO)[C@@H](N)[C@H](O)[C@@H]2O)O[C@@H]2C[C@@H](N)[C@@H](O[C@H]3[C@H](O)[C@H](O)[C@H](N)C[C@H]3N)O[C@@H]2[C@@H]1O. The molecule has 1 saturated carbocycles. The summed E-state index contributed by atoms with van der Waals surface area (Å²) in [5, 5.41) is 64.7. The summed E-state index contributed by atoms with van der Waals surface area (Å²) in [6.45, 7) is -0.508. The Bertz CT molecular complexity index is 756. The fraction of sp³-hybridized carbons (Fsp3) is 1.00. The summed E-state index contributed by atoms with van der Waals surface area (Å²) >= 11 is 0. The van der Waals surface area contributed by atoms with E-state index < -0.39 is 111 Å². The van der Waals surface area contributed by atoms with Crippen LogP contribution in [0.2, 0.25) is 0 Å². The van der Waals surface area contributed by atoms with Crippen LogP contribution >= 0.6 is 0 Å². The zero-order valence-corrected chi connectivity index (χ0v) is 20.5. The van der Waals surface area contributed by atoms with Gasteiger partial charge in [0.25, 0.3) is 0 Å². The van der Waals surface area contributed by atoms with E-state index in [9.17, 15) is 30.6 Å². The van der Waals surface area contributed by atoms with Crippen LogP contribution in [0.4, 0.5) is 0 Å². The molecule has 0 bridgehead atoms. The van der Waals surface area contributed by atoms with E-state index in [0.717, 1.165) is 0 Å². The molecule has 3 saturated heterocycles. The molecule has 4 rings (SSSR count). The zero-order chi connectivity index (χ0) is 27.2. The number of hydrogen-bond acceptors (Lipinski definition) is 16. The van der Waals surface area contributed by atoms with Crippen molar-refractivity contribution < 1.29 is 54.3 Å². The van der Waals surface area contributed by atoms with Crippen LogP contribution in [0.25, 0.3) is 0 Å². The van der Waals surface area contributed by atoms with Gasteiger partial charge in [-0.15, -0.1) is 0 Å². The number of fused-ring (bicyclic) bond motifs is 1. The van der Waals surface area contributed by atoms with Crippen molar-refractivity contribution in [2.24, 2.45) is 22.9 Å². The topological polar surface area (TPSA) is 284 Å². The van der Waals surface area contributed by atoms with Crippen LogP contribution < -0.4 is 28.3 Å². The van der Waals surface area contributed by atoms with E-state index in [1.54, 1.807) is 7.05 Å². The van der Waals surface area contributed by atoms with Gasteiger partial charge in [-0.3, -0.25) is 0 Å². The van der Waals surface area contributed by atoms with Gasteiger partial charge >= 0.3 is 0 Å². The lowest BCUT2D eigenvalue weighted by molar-refractivity contribution is -0.373. The highest BCUT2D eigenvalue weighted by Gasteiger charge is 2.54. The molecule has 0 spiro atoms. The number of aliphatic hydroxyl groups excluding tert-OH is 6. The molecule has 1 aliphatic carbocycles. The quantitative estimate of drug-likeness (QED) is 0.149. The van der Waals surface area contributed by atoms with E-state index in [1.165, 1.54) is 0 Å². The Morgan fingerprint density at radius 2 is 1.43 bits per heavy atom. The van der Waals surface area contributed by atoms with Crippen LogP contribution in [0.5, 0.6) is 0 Å². The maximum atomic E-state index is 11.1. The molecule has 4 aliphatic rings. The Morgan fingerprint density at radius 1 is 0.730 bits per heavy atom. The molecule has 16 nitrogen and oxygen atoms in total. The average molecular weight is 540 g/mol. The Labute approximate surface area is 213 Å². The molecule has 16 heteroatoms. The summed E-state index contributed by atoms with van der Waals surface area (Å²) < 4.78 is 29.2. The lowest BCUT2D eigenvalue weighted by Crippen LogP contribution is -2.70. The van der Waals surface area contributed by atoms with E-state index in [4.69, 9.17) is 46.6 Å². The minimum atomic E-state index is -1.54. The fourth-order valence-corrected chi connectivity index (χ4v) is 5.46. The number of ether oxygens (including phenoxy) is 5. The van der Waals surface area contributed by atoms with Crippen molar-refractivity contribution in [3.63, 3.8) is 0 Å². The summed E-state index contributed by atoms with van der Waals surface area (Å²) in [6.07, 6.45) is -13.7. The third kappa shape index (κ3) is 5.66. The van der Waals surface area contributed by atoms with Gasteiger partial charge < -0.3 is 82.6 Å². The van der Waals surface area contributed by atoms with Gasteiger partial charge in [0.15, 0.2) is 18.9 Å². The number of nitrogens with two attached hydrogens (primary N) is 4. The normalized spacial score (nSPS) is 55.1. The zero-order valence-electron chi connectivity index (χ0n) is 20.5. The largest absolute Gasteiger partial charge is 0.394 e. The Hall–Kier alpha value is -0.640. The van der Waals surface area contributed by atoms with Crippen LogP contribution in [-0.2, 0) is 23.7 Å². The molecule has 0 unspecified atom stereocenters. The maximum absolute atomic E-state index is 11.1. The van der Waals surface area contributed by atoms with Gasteiger partial charge in [0.05, 0.1) is 36.9 Å². The Kier molecular flexibility index (Phi) is 9.40. The number of hydrogen-bond donors (Lipinski definition) is 11. The van der Waals surface area contributed by atoms with Crippen LogP contribution in [0, 0.1) is 0 Å². The minimum absolute atomic E-state index is 0.156. The van der Waals surface area contributed by atoms with Crippen molar-refractivity contribution in [2.45, 2.75) is 117 Å². The number of likely N-dealkylation sites (N-methyl/N-ethyl adjacent to an activating group) is 1. The molecule has 0 aromatic heterocycles. The molecule has 0 radical (unpaired) electrons. The van der Waals surface area contributed by atoms with E-state index in [-0.39, 0.29) is 12.8 Å².